The number of carbonyl (C=O) groups is 2. The van der Waals surface area contributed by atoms with Crippen molar-refractivity contribution < 1.29 is 18.0 Å². The zero-order chi connectivity index (χ0) is 12.3. The number of rotatable bonds is 3. The monoisotopic (exact) mass is 249 g/mol. The number of imide groups is 1. The Morgan fingerprint density at radius 2 is 2.06 bits per heavy atom. The van der Waals surface area contributed by atoms with Crippen LogP contribution in [0.2, 0.25) is 0 Å². The SMILES string of the molecule is CC(NC1CCS(=O)(=O)C1)C(=O)NC(N)=O. The van der Waals surface area contributed by atoms with Crippen LogP contribution in [-0.4, -0.2) is 43.9 Å². The Balaban J connectivity index is 2.43. The van der Waals surface area contributed by atoms with Crippen molar-refractivity contribution in [3.8, 4) is 0 Å². The summed E-state index contributed by atoms with van der Waals surface area (Å²) in [6, 6.07) is -1.80. The topological polar surface area (TPSA) is 118 Å². The van der Waals surface area contributed by atoms with Crippen molar-refractivity contribution in [1.29, 1.82) is 0 Å². The second kappa shape index (κ2) is 4.79. The van der Waals surface area contributed by atoms with E-state index in [1.807, 2.05) is 5.32 Å². The van der Waals surface area contributed by atoms with Crippen molar-refractivity contribution in [3.05, 3.63) is 0 Å². The average Bonchev–Trinajstić information content (AvgIpc) is 2.44. The number of carbonyl (C=O) groups excluding carboxylic acids is 2. The van der Waals surface area contributed by atoms with E-state index in [9.17, 15) is 18.0 Å². The van der Waals surface area contributed by atoms with Crippen molar-refractivity contribution in [3.63, 3.8) is 0 Å². The molecule has 2 atom stereocenters. The van der Waals surface area contributed by atoms with Crippen molar-refractivity contribution in [2.75, 3.05) is 11.5 Å². The quantitative estimate of drug-likeness (QED) is 0.553. The lowest BCUT2D eigenvalue weighted by Gasteiger charge is -2.16. The molecular weight excluding hydrogens is 234 g/mol. The number of nitrogens with one attached hydrogen (secondary N) is 2. The Bertz CT molecular complexity index is 392. The van der Waals surface area contributed by atoms with Gasteiger partial charge in [-0.2, -0.15) is 0 Å². The molecule has 0 aliphatic carbocycles. The summed E-state index contributed by atoms with van der Waals surface area (Å²) in [5.41, 5.74) is 4.79. The lowest BCUT2D eigenvalue weighted by molar-refractivity contribution is -0.121. The first-order valence-electron chi connectivity index (χ1n) is 4.87. The van der Waals surface area contributed by atoms with Crippen LogP contribution in [0.3, 0.4) is 0 Å². The molecule has 7 nitrogen and oxygen atoms in total. The van der Waals surface area contributed by atoms with Gasteiger partial charge < -0.3 is 11.1 Å². The fourth-order valence-corrected chi connectivity index (χ4v) is 3.27. The van der Waals surface area contributed by atoms with E-state index < -0.39 is 27.8 Å². The Morgan fingerprint density at radius 3 is 2.50 bits per heavy atom. The van der Waals surface area contributed by atoms with Crippen LogP contribution in [0, 0.1) is 0 Å². The van der Waals surface area contributed by atoms with Crippen molar-refractivity contribution in [2.45, 2.75) is 25.4 Å². The van der Waals surface area contributed by atoms with Gasteiger partial charge in [0, 0.05) is 6.04 Å². The highest BCUT2D eigenvalue weighted by molar-refractivity contribution is 7.91. The van der Waals surface area contributed by atoms with Gasteiger partial charge in [0.15, 0.2) is 9.84 Å². The Hall–Kier alpha value is -1.15. The summed E-state index contributed by atoms with van der Waals surface area (Å²) in [5.74, 6) is -0.396. The van der Waals surface area contributed by atoms with Crippen molar-refractivity contribution in [2.24, 2.45) is 5.73 Å². The minimum absolute atomic E-state index is 0.0290. The van der Waals surface area contributed by atoms with Crippen LogP contribution in [-0.2, 0) is 14.6 Å². The Labute approximate surface area is 93.7 Å². The fourth-order valence-electron chi connectivity index (χ4n) is 1.59. The number of primary amides is 1. The summed E-state index contributed by atoms with van der Waals surface area (Å²) < 4.78 is 22.3. The standard InChI is InChI=1S/C8H15N3O4S/c1-5(7(12)11-8(9)13)10-6-2-3-16(14,15)4-6/h5-6,10H,2-4H2,1H3,(H3,9,11,12,13). The summed E-state index contributed by atoms with van der Waals surface area (Å²) in [5, 5.41) is 4.77. The predicted molar refractivity (Wildman–Crippen MR) is 57.4 cm³/mol. The van der Waals surface area contributed by atoms with Gasteiger partial charge in [0.1, 0.15) is 0 Å². The lowest BCUT2D eigenvalue weighted by atomic mass is 10.2. The maximum atomic E-state index is 11.3. The zero-order valence-corrected chi connectivity index (χ0v) is 9.71. The van der Waals surface area contributed by atoms with Gasteiger partial charge >= 0.3 is 6.03 Å². The first kappa shape index (κ1) is 12.9. The molecule has 4 N–H and O–H groups in total. The van der Waals surface area contributed by atoms with Gasteiger partial charge in [0.25, 0.3) is 0 Å². The van der Waals surface area contributed by atoms with E-state index in [4.69, 9.17) is 5.73 Å². The number of amides is 3. The summed E-state index contributed by atoms with van der Waals surface area (Å²) in [4.78, 5) is 21.7. The fraction of sp³-hybridized carbons (Fsp3) is 0.750. The zero-order valence-electron chi connectivity index (χ0n) is 8.89. The third-order valence-corrected chi connectivity index (χ3v) is 4.13. The highest BCUT2D eigenvalue weighted by atomic mass is 32.2. The normalized spacial score (nSPS) is 24.9. The molecule has 1 rings (SSSR count). The molecule has 1 saturated heterocycles. The van der Waals surface area contributed by atoms with Gasteiger partial charge in [-0.05, 0) is 13.3 Å². The molecule has 0 aromatic heterocycles. The summed E-state index contributed by atoms with van der Waals surface area (Å²) >= 11 is 0. The Kier molecular flexibility index (Phi) is 3.87. The van der Waals surface area contributed by atoms with Crippen molar-refractivity contribution in [1.82, 2.24) is 10.6 Å². The molecule has 1 aliphatic heterocycles. The first-order chi connectivity index (χ1) is 7.30. The molecule has 0 bridgehead atoms. The predicted octanol–water partition coefficient (Wildman–Crippen LogP) is -1.65. The van der Waals surface area contributed by atoms with Crippen LogP contribution in [0.4, 0.5) is 4.79 Å². The Morgan fingerprint density at radius 1 is 1.44 bits per heavy atom. The van der Waals surface area contributed by atoms with E-state index in [1.165, 1.54) is 0 Å². The van der Waals surface area contributed by atoms with E-state index in [2.05, 4.69) is 5.32 Å². The minimum atomic E-state index is -2.98. The highest BCUT2D eigenvalue weighted by Gasteiger charge is 2.29. The molecule has 0 radical (unpaired) electrons. The number of sulfone groups is 1. The molecule has 2 unspecified atom stereocenters. The van der Waals surface area contributed by atoms with Crippen LogP contribution in [0.1, 0.15) is 13.3 Å². The number of hydrogen-bond acceptors (Lipinski definition) is 5. The van der Waals surface area contributed by atoms with Gasteiger partial charge in [-0.3, -0.25) is 10.1 Å². The van der Waals surface area contributed by atoms with Crippen LogP contribution in [0.5, 0.6) is 0 Å². The molecule has 0 aromatic rings. The summed E-state index contributed by atoms with van der Waals surface area (Å²) in [6.45, 7) is 1.54. The molecule has 1 fully saturated rings. The van der Waals surface area contributed by atoms with E-state index in [0.29, 0.717) is 6.42 Å². The second-order valence-corrected chi connectivity index (χ2v) is 6.07. The minimum Gasteiger partial charge on any atom is -0.351 e. The van der Waals surface area contributed by atoms with Crippen LogP contribution in [0.15, 0.2) is 0 Å². The maximum Gasteiger partial charge on any atom is 0.318 e. The molecule has 0 saturated carbocycles. The molecular formula is C8H15N3O4S. The number of nitrogens with two attached hydrogens (primary N) is 1. The smallest absolute Gasteiger partial charge is 0.318 e. The van der Waals surface area contributed by atoms with Gasteiger partial charge in [0.05, 0.1) is 17.5 Å². The van der Waals surface area contributed by atoms with Gasteiger partial charge in [0.2, 0.25) is 5.91 Å². The van der Waals surface area contributed by atoms with Crippen LogP contribution < -0.4 is 16.4 Å². The largest absolute Gasteiger partial charge is 0.351 e. The molecule has 8 heteroatoms. The highest BCUT2D eigenvalue weighted by Crippen LogP contribution is 2.11. The molecule has 0 spiro atoms. The third kappa shape index (κ3) is 3.78. The lowest BCUT2D eigenvalue weighted by Crippen LogP contribution is -2.49. The third-order valence-electron chi connectivity index (χ3n) is 2.36. The van der Waals surface area contributed by atoms with Gasteiger partial charge in [-0.15, -0.1) is 0 Å². The second-order valence-electron chi connectivity index (χ2n) is 3.84. The van der Waals surface area contributed by atoms with Crippen molar-refractivity contribution >= 4 is 21.8 Å². The molecule has 0 aromatic carbocycles. The summed E-state index contributed by atoms with van der Waals surface area (Å²) in [7, 11) is -2.98. The van der Waals surface area contributed by atoms with E-state index in [1.54, 1.807) is 6.92 Å². The van der Waals surface area contributed by atoms with Gasteiger partial charge in [-0.1, -0.05) is 0 Å². The molecule has 1 aliphatic rings. The summed E-state index contributed by atoms with van der Waals surface area (Å²) in [6.07, 6.45) is 0.483. The average molecular weight is 249 g/mol. The van der Waals surface area contributed by atoms with Gasteiger partial charge in [-0.25, -0.2) is 13.2 Å². The van der Waals surface area contributed by atoms with E-state index >= 15 is 0 Å². The van der Waals surface area contributed by atoms with E-state index in [-0.39, 0.29) is 17.5 Å². The molecule has 1 heterocycles. The maximum absolute atomic E-state index is 11.3. The molecule has 92 valence electrons. The number of hydrogen-bond donors (Lipinski definition) is 3. The van der Waals surface area contributed by atoms with Crippen LogP contribution >= 0.6 is 0 Å². The number of urea groups is 1. The first-order valence-corrected chi connectivity index (χ1v) is 6.69. The molecule has 3 amide bonds. The van der Waals surface area contributed by atoms with E-state index in [0.717, 1.165) is 0 Å². The van der Waals surface area contributed by atoms with Crippen LogP contribution in [0.25, 0.3) is 0 Å². The molecule has 16 heavy (non-hydrogen) atoms.